The van der Waals surface area contributed by atoms with Crippen molar-refractivity contribution < 1.29 is 0 Å². The van der Waals surface area contributed by atoms with Crippen LogP contribution < -0.4 is 0 Å². The second kappa shape index (κ2) is 24.1. The largest absolute Gasteiger partial charge is 0.0656 e. The smallest absolute Gasteiger partial charge is 0.00707 e. The Morgan fingerprint density at radius 2 is 0.661 bits per heavy atom. The highest BCUT2D eigenvalue weighted by Gasteiger charge is 2.15. The van der Waals surface area contributed by atoms with Crippen LogP contribution in [0.1, 0.15) is 80.3 Å². The second-order valence-electron chi connectivity index (χ2n) is 15.4. The van der Waals surface area contributed by atoms with Crippen LogP contribution in [0, 0.1) is 41.5 Å². The number of rotatable bonds is 5. The standard InChI is InChI=1S/C23H18.C22H22.C7H8.C4H10.C3H8/c1-17-9-11-18(12-10-17)19-13-15-21(16-14-19)23-8-4-6-20-5-2-3-7-22(20)23;1-15-9-5-7-11-19(15)21-17(3)13-14-18(4)22(21)20-12-8-6-10-16(20)2;1-7-5-3-2-4-6-7;1-3-4-2;1-3-2/h2-16H,1H3;5-14H,1-4H3;2-6H,1H3;3-4H2,1-2H3;3H2,1-2H3. The minimum atomic E-state index is 1.25. The summed E-state index contributed by atoms with van der Waals surface area (Å²) in [4.78, 5) is 0. The first kappa shape index (κ1) is 45.7. The van der Waals surface area contributed by atoms with Gasteiger partial charge in [0.1, 0.15) is 0 Å². The van der Waals surface area contributed by atoms with E-state index in [-0.39, 0.29) is 0 Å². The van der Waals surface area contributed by atoms with E-state index in [2.05, 4.69) is 233 Å². The molecular weight excluding hydrogens is 709 g/mol. The maximum atomic E-state index is 2.24. The lowest BCUT2D eigenvalue weighted by Crippen LogP contribution is -1.95. The van der Waals surface area contributed by atoms with Gasteiger partial charge in [0.2, 0.25) is 0 Å². The molecule has 302 valence electrons. The molecule has 0 unspecified atom stereocenters. The molecule has 8 aromatic carbocycles. The molecule has 0 aromatic heterocycles. The molecule has 0 amide bonds. The summed E-state index contributed by atoms with van der Waals surface area (Å²) in [5.74, 6) is 0. The average molecular weight is 775 g/mol. The predicted molar refractivity (Wildman–Crippen MR) is 264 cm³/mol. The molecule has 0 aliphatic carbocycles. The van der Waals surface area contributed by atoms with Gasteiger partial charge < -0.3 is 0 Å². The third-order valence-corrected chi connectivity index (χ3v) is 10.3. The Morgan fingerprint density at radius 3 is 1.12 bits per heavy atom. The number of fused-ring (bicyclic) bond motifs is 1. The van der Waals surface area contributed by atoms with Crippen LogP contribution >= 0.6 is 0 Å². The maximum Gasteiger partial charge on any atom is -0.00707 e. The Balaban J connectivity index is 0.000000198. The van der Waals surface area contributed by atoms with Crippen molar-refractivity contribution in [3.05, 3.63) is 215 Å². The highest BCUT2D eigenvalue weighted by molar-refractivity contribution is 5.97. The summed E-state index contributed by atoms with van der Waals surface area (Å²) in [6, 6.07) is 64.7. The highest BCUT2D eigenvalue weighted by atomic mass is 14.2. The van der Waals surface area contributed by atoms with Crippen LogP contribution in [-0.4, -0.2) is 0 Å². The van der Waals surface area contributed by atoms with Gasteiger partial charge in [-0.05, 0) is 119 Å². The van der Waals surface area contributed by atoms with Gasteiger partial charge in [-0.15, -0.1) is 0 Å². The Hall–Kier alpha value is -5.98. The minimum absolute atomic E-state index is 1.25. The van der Waals surface area contributed by atoms with Crippen LogP contribution in [0.2, 0.25) is 0 Å². The summed E-state index contributed by atoms with van der Waals surface area (Å²) >= 11 is 0. The lowest BCUT2D eigenvalue weighted by Gasteiger charge is -2.19. The molecule has 0 nitrogen and oxygen atoms in total. The van der Waals surface area contributed by atoms with Gasteiger partial charge in [0.05, 0.1) is 0 Å². The van der Waals surface area contributed by atoms with Gasteiger partial charge in [0.25, 0.3) is 0 Å². The first-order valence-corrected chi connectivity index (χ1v) is 21.5. The number of unbranched alkanes of at least 4 members (excludes halogenated alkanes) is 1. The van der Waals surface area contributed by atoms with Gasteiger partial charge in [0.15, 0.2) is 0 Å². The molecule has 0 aliphatic rings. The molecule has 0 radical (unpaired) electrons. The molecule has 8 rings (SSSR count). The van der Waals surface area contributed by atoms with Gasteiger partial charge >= 0.3 is 0 Å². The van der Waals surface area contributed by atoms with E-state index in [9.17, 15) is 0 Å². The van der Waals surface area contributed by atoms with E-state index < -0.39 is 0 Å². The number of hydrogen-bond donors (Lipinski definition) is 0. The zero-order chi connectivity index (χ0) is 42.6. The summed E-state index contributed by atoms with van der Waals surface area (Å²) < 4.78 is 0. The summed E-state index contributed by atoms with van der Waals surface area (Å²) in [6.07, 6.45) is 3.89. The van der Waals surface area contributed by atoms with E-state index in [0.717, 1.165) is 0 Å². The van der Waals surface area contributed by atoms with Crippen molar-refractivity contribution in [1.82, 2.24) is 0 Å². The van der Waals surface area contributed by atoms with E-state index in [4.69, 9.17) is 0 Å². The molecule has 8 aromatic rings. The van der Waals surface area contributed by atoms with Gasteiger partial charge in [-0.3, -0.25) is 0 Å². The molecule has 0 saturated heterocycles. The SMILES string of the molecule is CCC.CCCC.Cc1ccc(-c2ccc(-c3cccc4ccccc34)cc2)cc1.Cc1ccccc1.Cc1ccccc1-c1c(C)ccc(C)c1-c1ccccc1C. The van der Waals surface area contributed by atoms with Crippen molar-refractivity contribution in [3.63, 3.8) is 0 Å². The van der Waals surface area contributed by atoms with Crippen LogP contribution in [0.15, 0.2) is 182 Å². The number of hydrogen-bond acceptors (Lipinski definition) is 0. The molecule has 0 heterocycles. The highest BCUT2D eigenvalue weighted by Crippen LogP contribution is 2.40. The topological polar surface area (TPSA) is 0 Å². The molecule has 0 N–H and O–H groups in total. The lowest BCUT2D eigenvalue weighted by molar-refractivity contribution is 0.886. The Labute approximate surface area is 357 Å². The van der Waals surface area contributed by atoms with Crippen LogP contribution in [0.4, 0.5) is 0 Å². The Kier molecular flexibility index (Phi) is 18.6. The molecule has 0 saturated carbocycles. The summed E-state index contributed by atoms with van der Waals surface area (Å²) in [5.41, 5.74) is 18.4. The second-order valence-corrected chi connectivity index (χ2v) is 15.4. The third kappa shape index (κ3) is 13.3. The Morgan fingerprint density at radius 1 is 0.288 bits per heavy atom. The van der Waals surface area contributed by atoms with E-state index >= 15 is 0 Å². The van der Waals surface area contributed by atoms with Crippen molar-refractivity contribution >= 4 is 10.8 Å². The molecular formula is C59H66. The van der Waals surface area contributed by atoms with Gasteiger partial charge in [-0.2, -0.15) is 0 Å². The summed E-state index contributed by atoms with van der Waals surface area (Å²) in [7, 11) is 0. The monoisotopic (exact) mass is 775 g/mol. The number of benzene rings is 8. The average Bonchev–Trinajstić information content (AvgIpc) is 3.26. The number of aryl methyl sites for hydroxylation is 6. The van der Waals surface area contributed by atoms with E-state index in [0.29, 0.717) is 0 Å². The third-order valence-electron chi connectivity index (χ3n) is 10.3. The molecule has 0 atom stereocenters. The van der Waals surface area contributed by atoms with E-state index in [1.807, 2.05) is 18.2 Å². The van der Waals surface area contributed by atoms with Crippen molar-refractivity contribution in [2.45, 2.75) is 88.5 Å². The van der Waals surface area contributed by atoms with Gasteiger partial charge in [0, 0.05) is 0 Å². The Bertz CT molecular complexity index is 2350. The van der Waals surface area contributed by atoms with Crippen molar-refractivity contribution in [1.29, 1.82) is 0 Å². The summed E-state index contributed by atoms with van der Waals surface area (Å²) in [6.45, 7) is 21.6. The van der Waals surface area contributed by atoms with E-state index in [1.54, 1.807) is 0 Å². The fourth-order valence-electron chi connectivity index (χ4n) is 6.81. The summed E-state index contributed by atoms with van der Waals surface area (Å²) in [5, 5.41) is 2.59. The van der Waals surface area contributed by atoms with Crippen LogP contribution in [0.3, 0.4) is 0 Å². The fraction of sp³-hybridized carbons (Fsp3) is 0.220. The minimum Gasteiger partial charge on any atom is -0.0656 e. The zero-order valence-electron chi connectivity index (χ0n) is 37.4. The zero-order valence-corrected chi connectivity index (χ0v) is 37.4. The molecule has 59 heavy (non-hydrogen) atoms. The first-order valence-electron chi connectivity index (χ1n) is 21.5. The molecule has 0 heteroatoms. The lowest BCUT2D eigenvalue weighted by atomic mass is 9.85. The first-order chi connectivity index (χ1) is 28.6. The normalized spacial score (nSPS) is 10.1. The van der Waals surface area contributed by atoms with Crippen LogP contribution in [-0.2, 0) is 0 Å². The fourth-order valence-corrected chi connectivity index (χ4v) is 6.81. The molecule has 0 aliphatic heterocycles. The van der Waals surface area contributed by atoms with Crippen molar-refractivity contribution in [2.24, 2.45) is 0 Å². The van der Waals surface area contributed by atoms with Crippen molar-refractivity contribution in [3.8, 4) is 44.5 Å². The predicted octanol–water partition coefficient (Wildman–Crippen LogP) is 18.0. The van der Waals surface area contributed by atoms with Crippen LogP contribution in [0.25, 0.3) is 55.3 Å². The van der Waals surface area contributed by atoms with Crippen molar-refractivity contribution in [2.75, 3.05) is 0 Å². The quantitative estimate of drug-likeness (QED) is 0.163. The van der Waals surface area contributed by atoms with Crippen LogP contribution in [0.5, 0.6) is 0 Å². The van der Waals surface area contributed by atoms with Gasteiger partial charge in [-0.1, -0.05) is 240 Å². The maximum absolute atomic E-state index is 2.24. The molecule has 0 fully saturated rings. The molecule has 0 bridgehead atoms. The van der Waals surface area contributed by atoms with Gasteiger partial charge in [-0.25, -0.2) is 0 Å². The van der Waals surface area contributed by atoms with E-state index in [1.165, 1.54) is 108 Å². The molecule has 0 spiro atoms.